The number of nitrogens with one attached hydrogen (secondary N) is 1. The van der Waals surface area contributed by atoms with Crippen molar-refractivity contribution in [1.29, 1.82) is 0 Å². The number of aromatic nitrogens is 4. The quantitative estimate of drug-likeness (QED) is 0.633. The van der Waals surface area contributed by atoms with Gasteiger partial charge in [-0.25, -0.2) is 4.79 Å². The van der Waals surface area contributed by atoms with Gasteiger partial charge in [0.2, 0.25) is 5.91 Å². The number of aryl methyl sites for hydroxylation is 1. The van der Waals surface area contributed by atoms with Gasteiger partial charge < -0.3 is 10.1 Å². The molecule has 1 N–H and O–H groups in total. The van der Waals surface area contributed by atoms with Crippen molar-refractivity contribution in [2.24, 2.45) is 0 Å². The second-order valence-electron chi connectivity index (χ2n) is 6.56. The van der Waals surface area contributed by atoms with E-state index in [2.05, 4.69) is 31.4 Å². The first-order valence-corrected chi connectivity index (χ1v) is 9.57. The zero-order valence-corrected chi connectivity index (χ0v) is 18.1. The standard InChI is InChI=1S/C17H21BrF3N5O3/c1-6-25-7-11(13(23-25)16(28)29-8(2)3)22-15(27)10(5)26-9(4)12(18)14(24-26)17(19,20)21/h7-8,10H,6H2,1-5H3,(H,22,27). The third kappa shape index (κ3) is 4.98. The average molecular weight is 480 g/mol. The van der Waals surface area contributed by atoms with Crippen molar-refractivity contribution in [2.45, 2.75) is 59.5 Å². The van der Waals surface area contributed by atoms with Crippen molar-refractivity contribution < 1.29 is 27.5 Å². The fraction of sp³-hybridized carbons (Fsp3) is 0.529. The number of ether oxygens (including phenoxy) is 1. The Morgan fingerprint density at radius 3 is 2.38 bits per heavy atom. The molecule has 2 rings (SSSR count). The summed E-state index contributed by atoms with van der Waals surface area (Å²) in [6.07, 6.45) is -3.60. The molecule has 2 heterocycles. The number of hydrogen-bond donors (Lipinski definition) is 1. The first-order valence-electron chi connectivity index (χ1n) is 8.77. The van der Waals surface area contributed by atoms with Crippen LogP contribution in [0.2, 0.25) is 0 Å². The highest BCUT2D eigenvalue weighted by Crippen LogP contribution is 2.36. The van der Waals surface area contributed by atoms with Crippen molar-refractivity contribution in [2.75, 3.05) is 5.32 Å². The van der Waals surface area contributed by atoms with E-state index < -0.39 is 29.8 Å². The van der Waals surface area contributed by atoms with Gasteiger partial charge in [0.05, 0.1) is 22.0 Å². The minimum atomic E-state index is -4.67. The maximum atomic E-state index is 13.1. The lowest BCUT2D eigenvalue weighted by Gasteiger charge is -2.14. The molecule has 1 atom stereocenters. The van der Waals surface area contributed by atoms with Crippen LogP contribution < -0.4 is 5.32 Å². The van der Waals surface area contributed by atoms with E-state index in [-0.39, 0.29) is 27.7 Å². The lowest BCUT2D eigenvalue weighted by Crippen LogP contribution is -2.26. The van der Waals surface area contributed by atoms with E-state index in [9.17, 15) is 22.8 Å². The third-order valence-electron chi connectivity index (χ3n) is 3.97. The van der Waals surface area contributed by atoms with Gasteiger partial charge >= 0.3 is 12.1 Å². The molecule has 0 bridgehead atoms. The minimum absolute atomic E-state index is 0.0875. The highest BCUT2D eigenvalue weighted by Gasteiger charge is 2.39. The molecule has 0 radical (unpaired) electrons. The van der Waals surface area contributed by atoms with Gasteiger partial charge in [0.25, 0.3) is 0 Å². The maximum absolute atomic E-state index is 13.1. The first kappa shape index (κ1) is 22.9. The van der Waals surface area contributed by atoms with Crippen LogP contribution in [-0.2, 0) is 22.3 Å². The fourth-order valence-electron chi connectivity index (χ4n) is 2.50. The van der Waals surface area contributed by atoms with Crippen molar-refractivity contribution in [1.82, 2.24) is 19.6 Å². The van der Waals surface area contributed by atoms with Crippen molar-refractivity contribution in [3.8, 4) is 0 Å². The van der Waals surface area contributed by atoms with E-state index >= 15 is 0 Å². The van der Waals surface area contributed by atoms with Gasteiger partial charge in [-0.15, -0.1) is 0 Å². The summed E-state index contributed by atoms with van der Waals surface area (Å²) in [6.45, 7) is 8.39. The van der Waals surface area contributed by atoms with Crippen LogP contribution in [-0.4, -0.2) is 37.5 Å². The van der Waals surface area contributed by atoms with Crippen LogP contribution in [0.1, 0.15) is 55.6 Å². The van der Waals surface area contributed by atoms with Crippen LogP contribution in [0.5, 0.6) is 0 Å². The number of rotatable bonds is 6. The van der Waals surface area contributed by atoms with Crippen LogP contribution in [0.25, 0.3) is 0 Å². The molecule has 0 aliphatic carbocycles. The molecule has 2 aromatic heterocycles. The molecule has 29 heavy (non-hydrogen) atoms. The average Bonchev–Trinajstić information content (AvgIpc) is 3.15. The summed E-state index contributed by atoms with van der Waals surface area (Å²) in [5.74, 6) is -1.38. The molecule has 0 aromatic carbocycles. The van der Waals surface area contributed by atoms with Gasteiger partial charge in [0.1, 0.15) is 6.04 Å². The SMILES string of the molecule is CCn1cc(NC(=O)C(C)n2nc(C(F)(F)F)c(Br)c2C)c(C(=O)OC(C)C)n1. The second-order valence-corrected chi connectivity index (χ2v) is 7.35. The first-order chi connectivity index (χ1) is 13.4. The van der Waals surface area contributed by atoms with Crippen LogP contribution in [0.3, 0.4) is 0 Å². The van der Waals surface area contributed by atoms with Crippen LogP contribution in [0.4, 0.5) is 18.9 Å². The number of hydrogen-bond acceptors (Lipinski definition) is 5. The Labute approximate surface area is 173 Å². The smallest absolute Gasteiger partial charge is 0.436 e. The van der Waals surface area contributed by atoms with Crippen LogP contribution in [0.15, 0.2) is 10.7 Å². The Morgan fingerprint density at radius 2 is 1.90 bits per heavy atom. The number of esters is 1. The summed E-state index contributed by atoms with van der Waals surface area (Å²) >= 11 is 2.88. The van der Waals surface area contributed by atoms with Crippen molar-refractivity contribution >= 4 is 33.5 Å². The Morgan fingerprint density at radius 1 is 1.28 bits per heavy atom. The normalized spacial score (nSPS) is 12.9. The van der Waals surface area contributed by atoms with Gasteiger partial charge in [-0.2, -0.15) is 23.4 Å². The molecule has 1 amide bonds. The van der Waals surface area contributed by atoms with Crippen LogP contribution in [0, 0.1) is 6.92 Å². The van der Waals surface area contributed by atoms with Gasteiger partial charge in [0.15, 0.2) is 11.4 Å². The van der Waals surface area contributed by atoms with E-state index in [0.717, 1.165) is 4.68 Å². The molecule has 0 aliphatic heterocycles. The molecule has 12 heteroatoms. The largest absolute Gasteiger partial charge is 0.458 e. The van der Waals surface area contributed by atoms with E-state index in [1.807, 2.05) is 0 Å². The molecule has 8 nitrogen and oxygen atoms in total. The second kappa shape index (κ2) is 8.56. The number of carbonyl (C=O) groups excluding carboxylic acids is 2. The number of anilines is 1. The summed E-state index contributed by atoms with van der Waals surface area (Å²) < 4.78 is 46.5. The molecule has 0 saturated carbocycles. The summed E-state index contributed by atoms with van der Waals surface area (Å²) in [6, 6.07) is -1.08. The molecule has 0 aliphatic rings. The van der Waals surface area contributed by atoms with E-state index in [1.54, 1.807) is 20.8 Å². The highest BCUT2D eigenvalue weighted by molar-refractivity contribution is 9.10. The molecule has 0 spiro atoms. The van der Waals surface area contributed by atoms with Gasteiger partial charge in [-0.3, -0.25) is 14.2 Å². The summed E-state index contributed by atoms with van der Waals surface area (Å²) in [5.41, 5.74) is -0.956. The molecule has 2 aromatic rings. The number of carbonyl (C=O) groups is 2. The molecule has 0 fully saturated rings. The Balaban J connectivity index is 2.31. The summed E-state index contributed by atoms with van der Waals surface area (Å²) in [7, 11) is 0. The third-order valence-corrected chi connectivity index (χ3v) is 4.92. The van der Waals surface area contributed by atoms with Crippen molar-refractivity contribution in [3.63, 3.8) is 0 Å². The number of alkyl halides is 3. The lowest BCUT2D eigenvalue weighted by molar-refractivity contribution is -0.142. The molecule has 0 saturated heterocycles. The maximum Gasteiger partial charge on any atom is 0.436 e. The van der Waals surface area contributed by atoms with E-state index in [0.29, 0.717) is 6.54 Å². The fourth-order valence-corrected chi connectivity index (χ4v) is 2.99. The van der Waals surface area contributed by atoms with Gasteiger partial charge in [-0.1, -0.05) is 0 Å². The zero-order chi connectivity index (χ0) is 22.1. The number of nitrogens with zero attached hydrogens (tertiary/aromatic N) is 4. The lowest BCUT2D eigenvalue weighted by atomic mass is 10.2. The molecule has 160 valence electrons. The van der Waals surface area contributed by atoms with Crippen molar-refractivity contribution in [3.05, 3.63) is 27.8 Å². The zero-order valence-electron chi connectivity index (χ0n) is 16.5. The minimum Gasteiger partial charge on any atom is -0.458 e. The molecular formula is C17H21BrF3N5O3. The molecular weight excluding hydrogens is 459 g/mol. The van der Waals surface area contributed by atoms with Gasteiger partial charge in [-0.05, 0) is 50.5 Å². The Bertz CT molecular complexity index is 920. The van der Waals surface area contributed by atoms with Crippen LogP contribution >= 0.6 is 15.9 Å². The predicted molar refractivity (Wildman–Crippen MR) is 101 cm³/mol. The summed E-state index contributed by atoms with van der Waals surface area (Å²) in [4.78, 5) is 24.9. The number of amides is 1. The predicted octanol–water partition coefficient (Wildman–Crippen LogP) is 3.95. The van der Waals surface area contributed by atoms with Gasteiger partial charge in [0, 0.05) is 12.7 Å². The Kier molecular flexibility index (Phi) is 6.76. The monoisotopic (exact) mass is 479 g/mol. The number of halogens is 4. The molecule has 1 unspecified atom stereocenters. The summed E-state index contributed by atoms with van der Waals surface area (Å²) in [5, 5.41) is 10.1. The van der Waals surface area contributed by atoms with E-state index in [1.165, 1.54) is 24.7 Å². The van der Waals surface area contributed by atoms with E-state index in [4.69, 9.17) is 4.74 Å². The highest BCUT2D eigenvalue weighted by atomic mass is 79.9. The topological polar surface area (TPSA) is 91.0 Å². The Hall–Kier alpha value is -2.37.